The zero-order chi connectivity index (χ0) is 15.9. The summed E-state index contributed by atoms with van der Waals surface area (Å²) in [7, 11) is 1.55. The van der Waals surface area contributed by atoms with Crippen LogP contribution in [-0.2, 0) is 0 Å². The number of carbonyl (C=O) groups is 1. The van der Waals surface area contributed by atoms with Crippen LogP contribution in [0.25, 0.3) is 0 Å². The molecule has 5 heteroatoms. The summed E-state index contributed by atoms with van der Waals surface area (Å²) in [5.41, 5.74) is 0.488. The Bertz CT molecular complexity index is 499. The van der Waals surface area contributed by atoms with E-state index in [-0.39, 0.29) is 5.91 Å². The summed E-state index contributed by atoms with van der Waals surface area (Å²) in [4.78, 5) is 14.7. The van der Waals surface area contributed by atoms with Gasteiger partial charge in [0.2, 0.25) is 0 Å². The van der Waals surface area contributed by atoms with E-state index in [0.717, 1.165) is 18.9 Å². The first-order chi connectivity index (χ1) is 10.6. The number of nitrogens with one attached hydrogen (secondary N) is 1. The molecule has 122 valence electrons. The maximum atomic E-state index is 12.2. The van der Waals surface area contributed by atoms with Gasteiger partial charge >= 0.3 is 0 Å². The molecule has 2 rings (SSSR count). The van der Waals surface area contributed by atoms with Gasteiger partial charge in [0.05, 0.1) is 12.7 Å². The van der Waals surface area contributed by atoms with Gasteiger partial charge in [-0.3, -0.25) is 4.79 Å². The molecule has 0 radical (unpaired) electrons. The smallest absolute Gasteiger partial charge is 0.255 e. The number of likely N-dealkylation sites (tertiary alicyclic amines) is 1. The lowest BCUT2D eigenvalue weighted by Crippen LogP contribution is -2.35. The van der Waals surface area contributed by atoms with Gasteiger partial charge in [-0.15, -0.1) is 0 Å². The van der Waals surface area contributed by atoms with Crippen LogP contribution in [0.15, 0.2) is 18.2 Å². The fraction of sp³-hybridized carbons (Fsp3) is 0.588. The summed E-state index contributed by atoms with van der Waals surface area (Å²) in [6, 6.07) is 5.07. The number of methoxy groups -OCH3 is 1. The average Bonchev–Trinajstić information content (AvgIpc) is 2.53. The number of hydrogen-bond acceptors (Lipinski definition) is 3. The predicted molar refractivity (Wildman–Crippen MR) is 89.8 cm³/mol. The molecule has 1 aliphatic heterocycles. The van der Waals surface area contributed by atoms with Crippen LogP contribution in [0.1, 0.15) is 36.5 Å². The van der Waals surface area contributed by atoms with Gasteiger partial charge in [-0.05, 0) is 63.0 Å². The Kier molecular flexibility index (Phi) is 6.52. The van der Waals surface area contributed by atoms with Crippen molar-refractivity contribution in [3.63, 3.8) is 0 Å². The number of rotatable bonds is 6. The Balaban J connectivity index is 1.75. The van der Waals surface area contributed by atoms with Gasteiger partial charge in [-0.2, -0.15) is 0 Å². The van der Waals surface area contributed by atoms with Crippen molar-refractivity contribution in [2.45, 2.75) is 26.2 Å². The molecule has 1 saturated heterocycles. The summed E-state index contributed by atoms with van der Waals surface area (Å²) in [6.07, 6.45) is 3.53. The number of carbonyl (C=O) groups excluding carboxylic acids is 1. The number of ether oxygens (including phenoxy) is 1. The quantitative estimate of drug-likeness (QED) is 0.817. The van der Waals surface area contributed by atoms with Crippen LogP contribution < -0.4 is 10.1 Å². The van der Waals surface area contributed by atoms with Crippen molar-refractivity contribution in [1.29, 1.82) is 0 Å². The first-order valence-electron chi connectivity index (χ1n) is 7.94. The molecule has 1 amide bonds. The van der Waals surface area contributed by atoms with Crippen LogP contribution in [0.5, 0.6) is 5.75 Å². The van der Waals surface area contributed by atoms with Crippen molar-refractivity contribution in [3.05, 3.63) is 28.8 Å². The van der Waals surface area contributed by atoms with Gasteiger partial charge in [0.1, 0.15) is 5.75 Å². The van der Waals surface area contributed by atoms with E-state index in [0.29, 0.717) is 22.9 Å². The van der Waals surface area contributed by atoms with Crippen LogP contribution in [0.2, 0.25) is 5.02 Å². The van der Waals surface area contributed by atoms with Crippen LogP contribution >= 0.6 is 11.6 Å². The molecule has 22 heavy (non-hydrogen) atoms. The molecule has 1 N–H and O–H groups in total. The lowest BCUT2D eigenvalue weighted by atomic mass is 9.99. The largest absolute Gasteiger partial charge is 0.496 e. The molecular weight excluding hydrogens is 300 g/mol. The SMILES string of the molecule is COc1ccc(Cl)cc1C(=O)NCCCN1CCC(C)CC1. The Labute approximate surface area is 137 Å². The van der Waals surface area contributed by atoms with Gasteiger partial charge in [0, 0.05) is 11.6 Å². The highest BCUT2D eigenvalue weighted by Gasteiger charge is 2.15. The van der Waals surface area contributed by atoms with E-state index in [1.54, 1.807) is 25.3 Å². The molecule has 0 aliphatic carbocycles. The fourth-order valence-electron chi connectivity index (χ4n) is 2.74. The van der Waals surface area contributed by atoms with E-state index in [1.165, 1.54) is 25.9 Å². The molecule has 0 bridgehead atoms. The molecule has 4 nitrogen and oxygen atoms in total. The van der Waals surface area contributed by atoms with Crippen LogP contribution in [0, 0.1) is 5.92 Å². The maximum absolute atomic E-state index is 12.2. The third-order valence-electron chi connectivity index (χ3n) is 4.22. The number of piperidine rings is 1. The Morgan fingerprint density at radius 3 is 2.82 bits per heavy atom. The van der Waals surface area contributed by atoms with Gasteiger partial charge in [-0.1, -0.05) is 18.5 Å². The Morgan fingerprint density at radius 1 is 1.41 bits per heavy atom. The van der Waals surface area contributed by atoms with E-state index < -0.39 is 0 Å². The monoisotopic (exact) mass is 324 g/mol. The second-order valence-electron chi connectivity index (χ2n) is 5.98. The summed E-state index contributed by atoms with van der Waals surface area (Å²) in [6.45, 7) is 6.38. The number of hydrogen-bond donors (Lipinski definition) is 1. The molecule has 0 spiro atoms. The first-order valence-corrected chi connectivity index (χ1v) is 8.32. The molecule has 1 heterocycles. The minimum Gasteiger partial charge on any atom is -0.496 e. The third kappa shape index (κ3) is 4.89. The molecule has 0 unspecified atom stereocenters. The van der Waals surface area contributed by atoms with Crippen LogP contribution in [0.4, 0.5) is 0 Å². The highest BCUT2D eigenvalue weighted by molar-refractivity contribution is 6.31. The zero-order valence-electron chi connectivity index (χ0n) is 13.4. The first kappa shape index (κ1) is 17.1. The van der Waals surface area contributed by atoms with E-state index in [2.05, 4.69) is 17.1 Å². The topological polar surface area (TPSA) is 41.6 Å². The Hall–Kier alpha value is -1.26. The lowest BCUT2D eigenvalue weighted by Gasteiger charge is -2.30. The minimum atomic E-state index is -0.133. The fourth-order valence-corrected chi connectivity index (χ4v) is 2.92. The second-order valence-corrected chi connectivity index (χ2v) is 6.41. The van der Waals surface area contributed by atoms with Crippen LogP contribution in [-0.4, -0.2) is 44.1 Å². The number of benzene rings is 1. The zero-order valence-corrected chi connectivity index (χ0v) is 14.2. The van der Waals surface area contributed by atoms with Gasteiger partial charge < -0.3 is 15.0 Å². The molecular formula is C17H25ClN2O2. The standard InChI is InChI=1S/C17H25ClN2O2/c1-13-6-10-20(11-7-13)9-3-8-19-17(21)15-12-14(18)4-5-16(15)22-2/h4-5,12-13H,3,6-11H2,1-2H3,(H,19,21). The van der Waals surface area contributed by atoms with Crippen LogP contribution in [0.3, 0.4) is 0 Å². The van der Waals surface area contributed by atoms with E-state index in [1.807, 2.05) is 0 Å². The normalized spacial score (nSPS) is 16.5. The summed E-state index contributed by atoms with van der Waals surface area (Å²) >= 11 is 5.95. The van der Waals surface area contributed by atoms with Crippen molar-refractivity contribution in [2.24, 2.45) is 5.92 Å². The lowest BCUT2D eigenvalue weighted by molar-refractivity contribution is 0.0947. The van der Waals surface area contributed by atoms with Crippen molar-refractivity contribution in [2.75, 3.05) is 33.3 Å². The molecule has 1 aromatic carbocycles. The summed E-state index contributed by atoms with van der Waals surface area (Å²) in [5, 5.41) is 3.48. The molecule has 0 saturated carbocycles. The number of amides is 1. The van der Waals surface area contributed by atoms with Gasteiger partial charge in [0.15, 0.2) is 0 Å². The molecule has 1 aliphatic rings. The molecule has 1 aromatic rings. The minimum absolute atomic E-state index is 0.133. The maximum Gasteiger partial charge on any atom is 0.255 e. The third-order valence-corrected chi connectivity index (χ3v) is 4.45. The van der Waals surface area contributed by atoms with E-state index in [9.17, 15) is 4.79 Å². The molecule has 0 atom stereocenters. The highest BCUT2D eigenvalue weighted by atomic mass is 35.5. The summed E-state index contributed by atoms with van der Waals surface area (Å²) in [5.74, 6) is 1.27. The highest BCUT2D eigenvalue weighted by Crippen LogP contribution is 2.22. The van der Waals surface area contributed by atoms with Gasteiger partial charge in [-0.25, -0.2) is 0 Å². The average molecular weight is 325 g/mol. The molecule has 0 aromatic heterocycles. The Morgan fingerprint density at radius 2 is 2.14 bits per heavy atom. The van der Waals surface area contributed by atoms with Gasteiger partial charge in [0.25, 0.3) is 5.91 Å². The number of halogens is 1. The van der Waals surface area contributed by atoms with E-state index >= 15 is 0 Å². The summed E-state index contributed by atoms with van der Waals surface area (Å²) < 4.78 is 5.21. The molecule has 1 fully saturated rings. The van der Waals surface area contributed by atoms with Crippen molar-refractivity contribution in [1.82, 2.24) is 10.2 Å². The second kappa shape index (κ2) is 8.39. The van der Waals surface area contributed by atoms with E-state index in [4.69, 9.17) is 16.3 Å². The number of nitrogens with zero attached hydrogens (tertiary/aromatic N) is 1. The predicted octanol–water partition coefficient (Wildman–Crippen LogP) is 3.20. The van der Waals surface area contributed by atoms with Crippen molar-refractivity contribution in [3.8, 4) is 5.75 Å². The van der Waals surface area contributed by atoms with Crippen molar-refractivity contribution >= 4 is 17.5 Å². The van der Waals surface area contributed by atoms with Crippen molar-refractivity contribution < 1.29 is 9.53 Å².